The largest absolute Gasteiger partial charge is 0.373 e. The number of rotatable bonds is 4. The lowest BCUT2D eigenvalue weighted by Crippen LogP contribution is -2.17. The Bertz CT molecular complexity index is 363. The average molecular weight is 219 g/mol. The van der Waals surface area contributed by atoms with Crippen LogP contribution in [0.1, 0.15) is 37.7 Å². The Morgan fingerprint density at radius 1 is 1.38 bits per heavy atom. The maximum absolute atomic E-state index is 5.49. The molecule has 16 heavy (non-hydrogen) atoms. The van der Waals surface area contributed by atoms with Gasteiger partial charge in [0.15, 0.2) is 0 Å². The summed E-state index contributed by atoms with van der Waals surface area (Å²) in [6.45, 7) is 13.4. The Kier molecular flexibility index (Phi) is 4.25. The summed E-state index contributed by atoms with van der Waals surface area (Å²) in [5, 5.41) is 0. The number of nitrogens with zero attached hydrogens (tertiary/aromatic N) is 1. The molecule has 0 aliphatic rings. The van der Waals surface area contributed by atoms with Crippen molar-refractivity contribution in [2.24, 2.45) is 0 Å². The van der Waals surface area contributed by atoms with Gasteiger partial charge in [-0.2, -0.15) is 0 Å². The summed E-state index contributed by atoms with van der Waals surface area (Å²) in [6.07, 6.45) is 1.76. The fraction of sp³-hybridized carbons (Fsp3) is 0.500. The number of aryl methyl sites for hydroxylation is 1. The zero-order valence-electron chi connectivity index (χ0n) is 10.7. The monoisotopic (exact) mass is 219 g/mol. The molecule has 0 aliphatic heterocycles. The van der Waals surface area contributed by atoms with Crippen LogP contribution in [-0.2, 0) is 16.8 Å². The highest BCUT2D eigenvalue weighted by Gasteiger charge is 2.19. The zero-order chi connectivity index (χ0) is 12.2. The molecule has 0 radical (unpaired) electrons. The van der Waals surface area contributed by atoms with Crippen LogP contribution < -0.4 is 0 Å². The van der Waals surface area contributed by atoms with Crippen molar-refractivity contribution >= 4 is 0 Å². The van der Waals surface area contributed by atoms with E-state index in [0.717, 1.165) is 11.4 Å². The van der Waals surface area contributed by atoms with Crippen molar-refractivity contribution in [1.82, 2.24) is 4.98 Å². The Hall–Kier alpha value is -1.15. The van der Waals surface area contributed by atoms with Crippen LogP contribution in [-0.4, -0.2) is 11.6 Å². The summed E-state index contributed by atoms with van der Waals surface area (Å²) in [7, 11) is 0. The zero-order valence-corrected chi connectivity index (χ0v) is 10.7. The molecule has 0 fully saturated rings. The molecule has 0 atom stereocenters. The van der Waals surface area contributed by atoms with E-state index in [0.29, 0.717) is 13.2 Å². The quantitative estimate of drug-likeness (QED) is 0.572. The minimum atomic E-state index is 0.0545. The van der Waals surface area contributed by atoms with Gasteiger partial charge >= 0.3 is 0 Å². The van der Waals surface area contributed by atoms with Crippen molar-refractivity contribution in [3.8, 4) is 0 Å². The maximum Gasteiger partial charge on any atom is 0.0739 e. The second-order valence-electron chi connectivity index (χ2n) is 5.01. The van der Waals surface area contributed by atoms with Gasteiger partial charge in [0, 0.05) is 11.1 Å². The molecule has 2 heteroatoms. The van der Waals surface area contributed by atoms with Crippen LogP contribution in [0.25, 0.3) is 0 Å². The van der Waals surface area contributed by atoms with Crippen molar-refractivity contribution in [1.29, 1.82) is 0 Å². The molecular weight excluding hydrogens is 198 g/mol. The van der Waals surface area contributed by atoms with Gasteiger partial charge in [-0.3, -0.25) is 4.98 Å². The van der Waals surface area contributed by atoms with Crippen LogP contribution in [0.2, 0.25) is 0 Å². The van der Waals surface area contributed by atoms with Crippen LogP contribution in [0.4, 0.5) is 0 Å². The summed E-state index contributed by atoms with van der Waals surface area (Å²) in [5.41, 5.74) is 3.40. The Labute approximate surface area is 98.4 Å². The highest BCUT2D eigenvalue weighted by atomic mass is 16.5. The van der Waals surface area contributed by atoms with E-state index in [9.17, 15) is 0 Å². The Morgan fingerprint density at radius 3 is 2.62 bits per heavy atom. The van der Waals surface area contributed by atoms with Gasteiger partial charge in [-0.25, -0.2) is 0 Å². The average Bonchev–Trinajstić information content (AvgIpc) is 2.19. The van der Waals surface area contributed by atoms with Crippen molar-refractivity contribution in [3.63, 3.8) is 0 Å². The fourth-order valence-corrected chi connectivity index (χ4v) is 1.60. The molecular formula is C14H21NO. The first-order valence-electron chi connectivity index (χ1n) is 5.61. The molecule has 0 bridgehead atoms. The van der Waals surface area contributed by atoms with Gasteiger partial charge < -0.3 is 4.74 Å². The van der Waals surface area contributed by atoms with E-state index >= 15 is 0 Å². The second kappa shape index (κ2) is 5.26. The number of hydrogen-bond donors (Lipinski definition) is 0. The second-order valence-corrected chi connectivity index (χ2v) is 5.01. The Morgan fingerprint density at radius 2 is 2.06 bits per heavy atom. The van der Waals surface area contributed by atoms with Crippen molar-refractivity contribution in [2.75, 3.05) is 6.61 Å². The van der Waals surface area contributed by atoms with Crippen LogP contribution in [0, 0.1) is 6.92 Å². The molecule has 0 unspecified atom stereocenters. The van der Waals surface area contributed by atoms with Gasteiger partial charge in [-0.05, 0) is 18.6 Å². The molecule has 1 aromatic rings. The molecule has 0 amide bonds. The molecule has 0 spiro atoms. The number of pyridine rings is 1. The topological polar surface area (TPSA) is 22.1 Å². The van der Waals surface area contributed by atoms with E-state index in [-0.39, 0.29) is 5.41 Å². The fourth-order valence-electron chi connectivity index (χ4n) is 1.60. The summed E-state index contributed by atoms with van der Waals surface area (Å²) in [4.78, 5) is 4.62. The van der Waals surface area contributed by atoms with E-state index in [2.05, 4.69) is 38.4 Å². The van der Waals surface area contributed by atoms with E-state index in [1.54, 1.807) is 6.08 Å². The number of ether oxygens (including phenoxy) is 1. The van der Waals surface area contributed by atoms with E-state index in [1.165, 1.54) is 5.56 Å². The molecule has 0 saturated carbocycles. The first-order chi connectivity index (χ1) is 7.45. The molecule has 88 valence electrons. The molecule has 0 N–H and O–H groups in total. The normalized spacial score (nSPS) is 11.5. The molecule has 0 aromatic carbocycles. The number of aromatic nitrogens is 1. The molecule has 0 saturated heterocycles. The van der Waals surface area contributed by atoms with Gasteiger partial charge in [0.1, 0.15) is 0 Å². The lowest BCUT2D eigenvalue weighted by molar-refractivity contribution is 0.147. The predicted molar refractivity (Wildman–Crippen MR) is 67.5 cm³/mol. The van der Waals surface area contributed by atoms with Gasteiger partial charge in [0.25, 0.3) is 0 Å². The highest BCUT2D eigenvalue weighted by Crippen LogP contribution is 2.24. The van der Waals surface area contributed by atoms with E-state index in [1.807, 2.05) is 13.0 Å². The third-order valence-corrected chi connectivity index (χ3v) is 2.32. The Balaban J connectivity index is 2.94. The van der Waals surface area contributed by atoms with Gasteiger partial charge in [-0.1, -0.05) is 32.9 Å². The molecule has 1 aromatic heterocycles. The lowest BCUT2D eigenvalue weighted by Gasteiger charge is -2.22. The van der Waals surface area contributed by atoms with Gasteiger partial charge in [0.2, 0.25) is 0 Å². The highest BCUT2D eigenvalue weighted by molar-refractivity contribution is 5.27. The van der Waals surface area contributed by atoms with Crippen LogP contribution in [0.5, 0.6) is 0 Å². The molecule has 2 nitrogen and oxygen atoms in total. The number of hydrogen-bond acceptors (Lipinski definition) is 2. The first kappa shape index (κ1) is 12.9. The maximum atomic E-state index is 5.49. The van der Waals surface area contributed by atoms with Crippen molar-refractivity contribution < 1.29 is 4.74 Å². The standard InChI is InChI=1S/C14H21NO/c1-6-9-16-10-12-8-7-11(2)15-13(12)14(3,4)5/h6-8H,1,9-10H2,2-5H3. The minimum absolute atomic E-state index is 0.0545. The van der Waals surface area contributed by atoms with Crippen molar-refractivity contribution in [3.05, 3.63) is 41.7 Å². The molecule has 1 rings (SSSR count). The summed E-state index contributed by atoms with van der Waals surface area (Å²) in [6, 6.07) is 4.13. The van der Waals surface area contributed by atoms with Crippen LogP contribution in [0.3, 0.4) is 0 Å². The third kappa shape index (κ3) is 3.46. The molecule has 0 aliphatic carbocycles. The van der Waals surface area contributed by atoms with Crippen molar-refractivity contribution in [2.45, 2.75) is 39.7 Å². The van der Waals surface area contributed by atoms with Crippen LogP contribution in [0.15, 0.2) is 24.8 Å². The predicted octanol–water partition coefficient (Wildman–Crippen LogP) is 3.39. The SMILES string of the molecule is C=CCOCc1ccc(C)nc1C(C)(C)C. The smallest absolute Gasteiger partial charge is 0.0739 e. The van der Waals surface area contributed by atoms with Gasteiger partial charge in [-0.15, -0.1) is 6.58 Å². The summed E-state index contributed by atoms with van der Waals surface area (Å²) in [5.74, 6) is 0. The van der Waals surface area contributed by atoms with E-state index in [4.69, 9.17) is 4.74 Å². The summed E-state index contributed by atoms with van der Waals surface area (Å²) < 4.78 is 5.49. The van der Waals surface area contributed by atoms with Crippen LogP contribution >= 0.6 is 0 Å². The lowest BCUT2D eigenvalue weighted by atomic mass is 9.88. The first-order valence-corrected chi connectivity index (χ1v) is 5.61. The van der Waals surface area contributed by atoms with E-state index < -0.39 is 0 Å². The summed E-state index contributed by atoms with van der Waals surface area (Å²) >= 11 is 0. The third-order valence-electron chi connectivity index (χ3n) is 2.32. The van der Waals surface area contributed by atoms with Gasteiger partial charge in [0.05, 0.1) is 18.9 Å². The minimum Gasteiger partial charge on any atom is -0.373 e. The molecule has 1 heterocycles.